The van der Waals surface area contributed by atoms with Crippen LogP contribution in [0.4, 0.5) is 0 Å². The molecule has 0 unspecified atom stereocenters. The summed E-state index contributed by atoms with van der Waals surface area (Å²) in [4.78, 5) is 11.6. The molecule has 0 amide bonds. The number of carbonyl (C=O) groups excluding carboxylic acids is 1. The van der Waals surface area contributed by atoms with Gasteiger partial charge >= 0.3 is 0 Å². The van der Waals surface area contributed by atoms with Crippen molar-refractivity contribution in [1.29, 1.82) is 0 Å². The third-order valence-electron chi connectivity index (χ3n) is 4.48. The lowest BCUT2D eigenvalue weighted by atomic mass is 10.1. The van der Waals surface area contributed by atoms with Crippen LogP contribution >= 0.6 is 0 Å². The fourth-order valence-corrected chi connectivity index (χ4v) is 3.54. The average molecular weight is 404 g/mol. The molecule has 6 heteroatoms. The van der Waals surface area contributed by atoms with Gasteiger partial charge in [-0.2, -0.15) is 8.42 Å². The summed E-state index contributed by atoms with van der Waals surface area (Å²) < 4.78 is 27.2. The molecule has 0 rings (SSSR count). The Morgan fingerprint density at radius 3 is 1.93 bits per heavy atom. The van der Waals surface area contributed by atoms with Gasteiger partial charge in [-0.1, -0.05) is 70.4 Å². The van der Waals surface area contributed by atoms with Crippen LogP contribution in [0, 0.1) is 0 Å². The molecule has 160 valence electrons. The molecule has 0 aliphatic carbocycles. The molecule has 0 spiro atoms. The minimum atomic E-state index is -3.64. The number of rotatable bonds is 20. The van der Waals surface area contributed by atoms with Crippen LogP contribution in [0.25, 0.3) is 0 Å². The first-order valence-electron chi connectivity index (χ1n) is 10.8. The van der Waals surface area contributed by atoms with E-state index in [0.717, 1.165) is 25.7 Å². The fraction of sp³-hybridized carbons (Fsp3) is 0.857. The van der Waals surface area contributed by atoms with E-state index in [9.17, 15) is 13.2 Å². The average Bonchev–Trinajstić information content (AvgIpc) is 2.63. The van der Waals surface area contributed by atoms with Gasteiger partial charge in [0.05, 0.1) is 5.75 Å². The molecule has 0 radical (unpaired) electrons. The minimum absolute atomic E-state index is 0.00472. The predicted octanol–water partition coefficient (Wildman–Crippen LogP) is 4.90. The molecule has 0 aromatic carbocycles. The Morgan fingerprint density at radius 2 is 1.37 bits per heavy atom. The van der Waals surface area contributed by atoms with Gasteiger partial charge in [0.2, 0.25) is 0 Å². The van der Waals surface area contributed by atoms with Crippen LogP contribution in [0.15, 0.2) is 12.2 Å². The number of carbonyl (C=O) groups is 1. The van der Waals surface area contributed by atoms with Crippen molar-refractivity contribution in [3.8, 4) is 0 Å². The molecule has 27 heavy (non-hydrogen) atoms. The highest BCUT2D eigenvalue weighted by Crippen LogP contribution is 2.10. The van der Waals surface area contributed by atoms with E-state index in [1.54, 1.807) is 0 Å². The summed E-state index contributed by atoms with van der Waals surface area (Å²) in [5, 5.41) is 0. The zero-order chi connectivity index (χ0) is 20.2. The van der Waals surface area contributed by atoms with Crippen molar-refractivity contribution in [2.24, 2.45) is 5.73 Å². The summed E-state index contributed by atoms with van der Waals surface area (Å²) in [7, 11) is -3.64. The second-order valence-electron chi connectivity index (χ2n) is 7.19. The topological polar surface area (TPSA) is 86.5 Å². The molecular formula is C21H41NO4S. The highest BCUT2D eigenvalue weighted by Gasteiger charge is 2.12. The Kier molecular flexibility index (Phi) is 18.1. The van der Waals surface area contributed by atoms with Gasteiger partial charge in [-0.3, -0.25) is 8.98 Å². The maximum Gasteiger partial charge on any atom is 0.268 e. The summed E-state index contributed by atoms with van der Waals surface area (Å²) in [5.74, 6) is -0.401. The van der Waals surface area contributed by atoms with Crippen molar-refractivity contribution in [3.05, 3.63) is 12.2 Å². The lowest BCUT2D eigenvalue weighted by molar-refractivity contribution is -0.121. The molecule has 0 fully saturated rings. The number of hydrogen-bond donors (Lipinski definition) is 1. The van der Waals surface area contributed by atoms with Crippen molar-refractivity contribution in [2.45, 2.75) is 96.8 Å². The first-order valence-corrected chi connectivity index (χ1v) is 12.3. The number of allylic oxidation sites excluding steroid dienone is 2. The number of ketones is 1. The zero-order valence-electron chi connectivity index (χ0n) is 17.3. The van der Waals surface area contributed by atoms with Crippen molar-refractivity contribution in [3.63, 3.8) is 0 Å². The molecule has 0 aliphatic heterocycles. The van der Waals surface area contributed by atoms with Gasteiger partial charge in [0, 0.05) is 13.0 Å². The van der Waals surface area contributed by atoms with Crippen LogP contribution in [-0.2, 0) is 19.1 Å². The van der Waals surface area contributed by atoms with Gasteiger partial charge in [-0.15, -0.1) is 0 Å². The summed E-state index contributed by atoms with van der Waals surface area (Å²) in [5.41, 5.74) is 5.17. The van der Waals surface area contributed by atoms with Crippen LogP contribution in [0.2, 0.25) is 0 Å². The smallest absolute Gasteiger partial charge is 0.268 e. The second kappa shape index (κ2) is 18.6. The monoisotopic (exact) mass is 403 g/mol. The molecule has 5 nitrogen and oxygen atoms in total. The van der Waals surface area contributed by atoms with Crippen molar-refractivity contribution >= 4 is 15.9 Å². The Bertz CT molecular complexity index is 475. The Hall–Kier alpha value is -0.720. The van der Waals surface area contributed by atoms with Gasteiger partial charge in [-0.25, -0.2) is 0 Å². The van der Waals surface area contributed by atoms with Crippen LogP contribution in [0.3, 0.4) is 0 Å². The van der Waals surface area contributed by atoms with Crippen LogP contribution in [0.5, 0.6) is 0 Å². The van der Waals surface area contributed by atoms with E-state index in [2.05, 4.69) is 23.3 Å². The minimum Gasteiger partial charge on any atom is -0.329 e. The number of hydrogen-bond acceptors (Lipinski definition) is 5. The van der Waals surface area contributed by atoms with Crippen LogP contribution < -0.4 is 5.73 Å². The highest BCUT2D eigenvalue weighted by molar-refractivity contribution is 7.86. The second-order valence-corrected chi connectivity index (χ2v) is 8.94. The quantitative estimate of drug-likeness (QED) is 0.177. The number of nitrogens with two attached hydrogens (primary N) is 1. The van der Waals surface area contributed by atoms with Gasteiger partial charge in [0.1, 0.15) is 6.61 Å². The molecule has 0 bridgehead atoms. The SMILES string of the molecule is CCCCCCCC/C=C\CCCCCCCC(=O)COS(=O)(=O)CCN. The standard InChI is InChI=1S/C21H41NO4S/c1-2-3-4-5-6-7-8-9-10-11-12-13-14-15-16-17-21(23)20-26-27(24,25)19-18-22/h9-10H,2-8,11-20,22H2,1H3/b10-9-. The van der Waals surface area contributed by atoms with Crippen molar-refractivity contribution in [2.75, 3.05) is 18.9 Å². The van der Waals surface area contributed by atoms with E-state index in [-0.39, 0.29) is 24.7 Å². The predicted molar refractivity (Wildman–Crippen MR) is 113 cm³/mol. The molecule has 2 N–H and O–H groups in total. The Balaban J connectivity index is 3.37. The number of unbranched alkanes of at least 4 members (excludes halogenated alkanes) is 11. The number of Topliss-reactive ketones (excluding diaryl/α,β-unsaturated/α-hetero) is 1. The van der Waals surface area contributed by atoms with Gasteiger partial charge in [-0.05, 0) is 32.1 Å². The van der Waals surface area contributed by atoms with E-state index < -0.39 is 10.1 Å². The molecule has 0 heterocycles. The van der Waals surface area contributed by atoms with E-state index in [1.807, 2.05) is 0 Å². The van der Waals surface area contributed by atoms with E-state index in [0.29, 0.717) is 6.42 Å². The summed E-state index contributed by atoms with van der Waals surface area (Å²) in [6.45, 7) is 1.90. The maximum absolute atomic E-state index is 11.6. The molecular weight excluding hydrogens is 362 g/mol. The molecule has 0 saturated heterocycles. The zero-order valence-corrected chi connectivity index (χ0v) is 18.1. The molecule has 0 aromatic rings. The first kappa shape index (κ1) is 26.3. The van der Waals surface area contributed by atoms with Crippen molar-refractivity contribution < 1.29 is 17.4 Å². The van der Waals surface area contributed by atoms with E-state index >= 15 is 0 Å². The summed E-state index contributed by atoms with van der Waals surface area (Å²) >= 11 is 0. The Labute approximate surface area is 167 Å². The van der Waals surface area contributed by atoms with E-state index in [1.165, 1.54) is 57.8 Å². The fourth-order valence-electron chi connectivity index (χ4n) is 2.82. The lowest BCUT2D eigenvalue weighted by Gasteiger charge is -2.04. The molecule has 0 atom stereocenters. The highest BCUT2D eigenvalue weighted by atomic mass is 32.2. The Morgan fingerprint density at radius 1 is 0.852 bits per heavy atom. The van der Waals surface area contributed by atoms with Gasteiger partial charge < -0.3 is 5.73 Å². The van der Waals surface area contributed by atoms with Gasteiger partial charge in [0.25, 0.3) is 10.1 Å². The molecule has 0 aromatic heterocycles. The molecule has 0 saturated carbocycles. The van der Waals surface area contributed by atoms with Gasteiger partial charge in [0.15, 0.2) is 5.78 Å². The van der Waals surface area contributed by atoms with Crippen molar-refractivity contribution in [1.82, 2.24) is 0 Å². The van der Waals surface area contributed by atoms with Crippen LogP contribution in [-0.4, -0.2) is 33.1 Å². The molecule has 0 aliphatic rings. The third kappa shape index (κ3) is 19.8. The summed E-state index contributed by atoms with van der Waals surface area (Å²) in [6.07, 6.45) is 20.7. The lowest BCUT2D eigenvalue weighted by Crippen LogP contribution is -2.21. The van der Waals surface area contributed by atoms with E-state index in [4.69, 9.17) is 5.73 Å². The maximum atomic E-state index is 11.6. The van der Waals surface area contributed by atoms with Crippen LogP contribution in [0.1, 0.15) is 96.8 Å². The largest absolute Gasteiger partial charge is 0.329 e. The normalized spacial score (nSPS) is 12.1. The first-order chi connectivity index (χ1) is 13.0. The third-order valence-corrected chi connectivity index (χ3v) is 5.70. The summed E-state index contributed by atoms with van der Waals surface area (Å²) in [6, 6.07) is 0.